The SMILES string of the molecule is Cn1nc[c-]c1C(=O)O.[K+]. The number of hydrogen-bond donors (Lipinski definition) is 1. The second-order valence-electron chi connectivity index (χ2n) is 1.57. The first-order valence-corrected chi connectivity index (χ1v) is 2.35. The fraction of sp³-hybridized carbons (Fsp3) is 0.200. The smallest absolute Gasteiger partial charge is 0.561 e. The standard InChI is InChI=1S/C5H5N2O2.K/c1-7-4(5(8)9)2-3-6-7;/h3H,1H3,(H,8,9);/q-1;+1. The molecule has 0 aliphatic heterocycles. The van der Waals surface area contributed by atoms with Gasteiger partial charge in [0.1, 0.15) is 0 Å². The number of aryl methyl sites for hydroxylation is 1. The number of carboxylic acid groups (broad SMARTS) is 1. The minimum absolute atomic E-state index is 0. The Hall–Kier alpha value is 0.316. The van der Waals surface area contributed by atoms with E-state index in [0.717, 1.165) is 0 Å². The molecule has 0 unspecified atom stereocenters. The molecule has 1 rings (SSSR count). The molecule has 0 aliphatic carbocycles. The fourth-order valence-corrected chi connectivity index (χ4v) is 0.528. The Morgan fingerprint density at radius 2 is 2.50 bits per heavy atom. The van der Waals surface area contributed by atoms with Gasteiger partial charge in [0.25, 0.3) is 0 Å². The van der Waals surface area contributed by atoms with E-state index < -0.39 is 5.97 Å². The van der Waals surface area contributed by atoms with Crippen LogP contribution in [0.15, 0.2) is 6.20 Å². The Morgan fingerprint density at radius 3 is 2.70 bits per heavy atom. The van der Waals surface area contributed by atoms with E-state index in [1.54, 1.807) is 7.05 Å². The molecule has 0 saturated heterocycles. The molecule has 10 heavy (non-hydrogen) atoms. The zero-order valence-electron chi connectivity index (χ0n) is 5.83. The molecule has 0 atom stereocenters. The van der Waals surface area contributed by atoms with E-state index >= 15 is 0 Å². The molecule has 5 heteroatoms. The first-order valence-electron chi connectivity index (χ1n) is 2.35. The number of hydrogen-bond acceptors (Lipinski definition) is 2. The zero-order chi connectivity index (χ0) is 6.85. The van der Waals surface area contributed by atoms with Crippen molar-refractivity contribution in [1.29, 1.82) is 0 Å². The van der Waals surface area contributed by atoms with Gasteiger partial charge in [-0.05, 0) is 11.9 Å². The quantitative estimate of drug-likeness (QED) is 0.354. The largest absolute Gasteiger partial charge is 1.00 e. The maximum atomic E-state index is 10.2. The Bertz CT molecular complexity index is 233. The molecule has 0 aromatic carbocycles. The molecule has 48 valence electrons. The summed E-state index contributed by atoms with van der Waals surface area (Å²) in [5.41, 5.74) is 0.0787. The Labute approximate surface area is 101 Å². The van der Waals surface area contributed by atoms with Crippen molar-refractivity contribution < 1.29 is 61.3 Å². The van der Waals surface area contributed by atoms with Crippen LogP contribution in [0.25, 0.3) is 0 Å². The summed E-state index contributed by atoms with van der Waals surface area (Å²) in [6, 6.07) is 2.46. The average Bonchev–Trinajstić information content (AvgIpc) is 2.13. The maximum Gasteiger partial charge on any atom is 1.00 e. The molecule has 4 nitrogen and oxygen atoms in total. The van der Waals surface area contributed by atoms with Crippen molar-refractivity contribution in [3.63, 3.8) is 0 Å². The van der Waals surface area contributed by atoms with Crippen molar-refractivity contribution in [3.05, 3.63) is 18.0 Å². The van der Waals surface area contributed by atoms with Gasteiger partial charge in [0.15, 0.2) is 5.97 Å². The van der Waals surface area contributed by atoms with Crippen LogP contribution in [0, 0.1) is 6.07 Å². The van der Waals surface area contributed by atoms with Crippen molar-refractivity contribution in [2.75, 3.05) is 0 Å². The van der Waals surface area contributed by atoms with E-state index in [9.17, 15) is 4.79 Å². The van der Waals surface area contributed by atoms with Gasteiger partial charge in [0.05, 0.1) is 0 Å². The molecule has 1 aromatic heterocycles. The summed E-state index contributed by atoms with van der Waals surface area (Å²) in [5.74, 6) is -1.00. The predicted molar refractivity (Wildman–Crippen MR) is 29.0 cm³/mol. The van der Waals surface area contributed by atoms with Crippen LogP contribution in [0.2, 0.25) is 0 Å². The topological polar surface area (TPSA) is 55.1 Å². The second-order valence-corrected chi connectivity index (χ2v) is 1.57. The molecule has 0 radical (unpaired) electrons. The number of carbonyl (C=O) groups is 1. The molecule has 0 amide bonds. The Balaban J connectivity index is 0.000000810. The van der Waals surface area contributed by atoms with Crippen molar-refractivity contribution in [3.8, 4) is 0 Å². The van der Waals surface area contributed by atoms with Gasteiger partial charge < -0.3 is 9.90 Å². The van der Waals surface area contributed by atoms with Gasteiger partial charge in [-0.25, -0.2) is 5.10 Å². The minimum Gasteiger partial charge on any atom is -0.561 e. The van der Waals surface area contributed by atoms with E-state index in [2.05, 4.69) is 11.2 Å². The summed E-state index contributed by atoms with van der Waals surface area (Å²) in [6.45, 7) is 0. The molecule has 0 bridgehead atoms. The van der Waals surface area contributed by atoms with Gasteiger partial charge in [-0.1, -0.05) is 0 Å². The van der Waals surface area contributed by atoms with Crippen LogP contribution in [0.3, 0.4) is 0 Å². The monoisotopic (exact) mass is 164 g/mol. The van der Waals surface area contributed by atoms with Crippen LogP contribution < -0.4 is 51.4 Å². The normalized spacial score (nSPS) is 8.50. The summed E-state index contributed by atoms with van der Waals surface area (Å²) in [5, 5.41) is 12.0. The van der Waals surface area contributed by atoms with E-state index in [0.29, 0.717) is 0 Å². The number of nitrogens with zero attached hydrogens (tertiary/aromatic N) is 2. The van der Waals surface area contributed by atoms with Crippen LogP contribution in [-0.4, -0.2) is 20.9 Å². The van der Waals surface area contributed by atoms with Crippen LogP contribution in [0.1, 0.15) is 10.5 Å². The summed E-state index contributed by atoms with van der Waals surface area (Å²) < 4.78 is 1.25. The summed E-state index contributed by atoms with van der Waals surface area (Å²) in [6.07, 6.45) is 1.32. The van der Waals surface area contributed by atoms with Gasteiger partial charge in [0.2, 0.25) is 0 Å². The van der Waals surface area contributed by atoms with Gasteiger partial charge in [-0.3, -0.25) is 4.68 Å². The Kier molecular flexibility index (Phi) is 4.38. The molecule has 0 spiro atoms. The molecule has 0 aliphatic rings. The van der Waals surface area contributed by atoms with Crippen LogP contribution in [0.4, 0.5) is 0 Å². The number of aromatic carboxylic acids is 1. The third-order valence-corrected chi connectivity index (χ3v) is 0.958. The number of aromatic nitrogens is 2. The maximum absolute atomic E-state index is 10.2. The van der Waals surface area contributed by atoms with Crippen LogP contribution >= 0.6 is 0 Å². The van der Waals surface area contributed by atoms with Gasteiger partial charge in [0, 0.05) is 7.05 Å². The third kappa shape index (κ3) is 2.17. The molecule has 0 fully saturated rings. The van der Waals surface area contributed by atoms with E-state index in [4.69, 9.17) is 5.11 Å². The van der Waals surface area contributed by atoms with Crippen LogP contribution in [0.5, 0.6) is 0 Å². The average molecular weight is 164 g/mol. The third-order valence-electron chi connectivity index (χ3n) is 0.958. The molecule has 0 saturated carbocycles. The van der Waals surface area contributed by atoms with Crippen molar-refractivity contribution >= 4 is 5.97 Å². The molecular weight excluding hydrogens is 159 g/mol. The second kappa shape index (κ2) is 4.25. The van der Waals surface area contributed by atoms with Crippen molar-refractivity contribution in [1.82, 2.24) is 9.78 Å². The summed E-state index contributed by atoms with van der Waals surface area (Å²) in [7, 11) is 1.56. The predicted octanol–water partition coefficient (Wildman–Crippen LogP) is -3.08. The molecule has 1 heterocycles. The first kappa shape index (κ1) is 10.3. The van der Waals surface area contributed by atoms with Crippen molar-refractivity contribution in [2.45, 2.75) is 0 Å². The minimum atomic E-state index is -1.00. The van der Waals surface area contributed by atoms with Crippen LogP contribution in [-0.2, 0) is 7.05 Å². The zero-order valence-corrected chi connectivity index (χ0v) is 8.95. The van der Waals surface area contributed by atoms with Crippen molar-refractivity contribution in [2.24, 2.45) is 7.05 Å². The fourth-order valence-electron chi connectivity index (χ4n) is 0.528. The molecular formula is C5H5KN2O2. The summed E-state index contributed by atoms with van der Waals surface area (Å²) in [4.78, 5) is 10.2. The molecule has 1 aromatic rings. The molecule has 1 N–H and O–H groups in total. The van der Waals surface area contributed by atoms with E-state index in [-0.39, 0.29) is 57.1 Å². The van der Waals surface area contributed by atoms with E-state index in [1.807, 2.05) is 0 Å². The number of rotatable bonds is 1. The summed E-state index contributed by atoms with van der Waals surface area (Å²) >= 11 is 0. The number of carboxylic acids is 1. The van der Waals surface area contributed by atoms with Gasteiger partial charge in [-0.2, -0.15) is 6.07 Å². The Morgan fingerprint density at radius 1 is 1.90 bits per heavy atom. The first-order chi connectivity index (χ1) is 4.22. The van der Waals surface area contributed by atoms with Gasteiger partial charge in [-0.15, -0.1) is 0 Å². The van der Waals surface area contributed by atoms with E-state index in [1.165, 1.54) is 10.9 Å². The van der Waals surface area contributed by atoms with Gasteiger partial charge >= 0.3 is 51.4 Å².